The smallest absolute Gasteiger partial charge is 0.419 e. The second-order valence-electron chi connectivity index (χ2n) is 10.1. The molecule has 2 aromatic heterocycles. The number of amides is 1. The third kappa shape index (κ3) is 7.57. The molecule has 0 aliphatic carbocycles. The standard InChI is InChI=1S/C27H32F3N3O3/c1-17(2)12-18(14-33-25(34)36-26(3,4)5)16-35-24-7-6-19(13-22(24)27(28,29)30)20-8-11-32-23-9-10-31-15-21(20)23/h6-11,13,15,17-18H,12,14,16H2,1-5H3,(H,33,34). The van der Waals surface area contributed by atoms with Gasteiger partial charge in [-0.1, -0.05) is 19.9 Å². The lowest BCUT2D eigenvalue weighted by Crippen LogP contribution is -2.37. The highest BCUT2D eigenvalue weighted by atomic mass is 19.4. The van der Waals surface area contributed by atoms with Crippen LogP contribution < -0.4 is 10.1 Å². The second-order valence-corrected chi connectivity index (χ2v) is 10.1. The van der Waals surface area contributed by atoms with Crippen LogP contribution in [0.4, 0.5) is 18.0 Å². The molecule has 3 aromatic rings. The van der Waals surface area contributed by atoms with Crippen molar-refractivity contribution in [1.29, 1.82) is 0 Å². The lowest BCUT2D eigenvalue weighted by atomic mass is 9.97. The van der Waals surface area contributed by atoms with Crippen molar-refractivity contribution in [2.45, 2.75) is 52.8 Å². The van der Waals surface area contributed by atoms with Gasteiger partial charge in [-0.05, 0) is 68.5 Å². The van der Waals surface area contributed by atoms with Crippen LogP contribution >= 0.6 is 0 Å². The van der Waals surface area contributed by atoms with E-state index in [1.54, 1.807) is 57.6 Å². The highest BCUT2D eigenvalue weighted by Gasteiger charge is 2.35. The average Bonchev–Trinajstić information content (AvgIpc) is 2.78. The Morgan fingerprint density at radius 3 is 2.50 bits per heavy atom. The van der Waals surface area contributed by atoms with Crippen LogP contribution in [0, 0.1) is 11.8 Å². The van der Waals surface area contributed by atoms with Gasteiger partial charge >= 0.3 is 12.3 Å². The zero-order valence-corrected chi connectivity index (χ0v) is 21.1. The van der Waals surface area contributed by atoms with Crippen molar-refractivity contribution in [3.63, 3.8) is 0 Å². The van der Waals surface area contributed by atoms with E-state index in [0.29, 0.717) is 28.5 Å². The Bertz CT molecular complexity index is 1180. The molecule has 0 bridgehead atoms. The van der Waals surface area contributed by atoms with Gasteiger partial charge in [0.15, 0.2) is 0 Å². The third-order valence-electron chi connectivity index (χ3n) is 5.35. The number of benzene rings is 1. The van der Waals surface area contributed by atoms with Crippen LogP contribution in [0.3, 0.4) is 0 Å². The van der Waals surface area contributed by atoms with Crippen molar-refractivity contribution in [3.05, 3.63) is 54.5 Å². The first-order valence-corrected chi connectivity index (χ1v) is 11.8. The molecule has 0 saturated heterocycles. The maximum atomic E-state index is 14.0. The van der Waals surface area contributed by atoms with E-state index >= 15 is 0 Å². The van der Waals surface area contributed by atoms with Crippen LogP contribution in [0.5, 0.6) is 5.75 Å². The summed E-state index contributed by atoms with van der Waals surface area (Å²) in [4.78, 5) is 20.4. The summed E-state index contributed by atoms with van der Waals surface area (Å²) >= 11 is 0. The topological polar surface area (TPSA) is 73.3 Å². The monoisotopic (exact) mass is 503 g/mol. The molecule has 6 nitrogen and oxygen atoms in total. The van der Waals surface area contributed by atoms with E-state index in [2.05, 4.69) is 15.3 Å². The zero-order chi connectivity index (χ0) is 26.5. The molecule has 1 atom stereocenters. The van der Waals surface area contributed by atoms with Gasteiger partial charge in [-0.2, -0.15) is 13.2 Å². The maximum absolute atomic E-state index is 14.0. The number of ether oxygens (including phenoxy) is 2. The predicted octanol–water partition coefficient (Wildman–Crippen LogP) is 6.88. The van der Waals surface area contributed by atoms with Crippen molar-refractivity contribution in [2.24, 2.45) is 11.8 Å². The quantitative estimate of drug-likeness (QED) is 0.363. The van der Waals surface area contributed by atoms with E-state index in [1.165, 1.54) is 6.07 Å². The number of nitrogens with one attached hydrogen (secondary N) is 1. The minimum absolute atomic E-state index is 0.0124. The van der Waals surface area contributed by atoms with E-state index < -0.39 is 23.4 Å². The lowest BCUT2D eigenvalue weighted by molar-refractivity contribution is -0.139. The first-order chi connectivity index (χ1) is 16.8. The minimum atomic E-state index is -4.62. The number of halogens is 3. The molecule has 3 rings (SSSR count). The number of rotatable bonds is 8. The normalized spacial score (nSPS) is 13.0. The molecule has 1 N–H and O–H groups in total. The van der Waals surface area contributed by atoms with Crippen molar-refractivity contribution in [3.8, 4) is 16.9 Å². The highest BCUT2D eigenvalue weighted by molar-refractivity contribution is 5.93. The van der Waals surface area contributed by atoms with E-state index in [4.69, 9.17) is 9.47 Å². The molecule has 0 saturated carbocycles. The Balaban J connectivity index is 1.82. The summed E-state index contributed by atoms with van der Waals surface area (Å²) in [5.41, 5.74) is 0.126. The summed E-state index contributed by atoms with van der Waals surface area (Å²) in [5, 5.41) is 3.36. The van der Waals surface area contributed by atoms with Gasteiger partial charge in [-0.25, -0.2) is 4.79 Å². The lowest BCUT2D eigenvalue weighted by Gasteiger charge is -2.24. The van der Waals surface area contributed by atoms with Gasteiger partial charge in [-0.3, -0.25) is 9.97 Å². The van der Waals surface area contributed by atoms with Gasteiger partial charge in [0, 0.05) is 36.4 Å². The van der Waals surface area contributed by atoms with Crippen LogP contribution in [0.2, 0.25) is 0 Å². The number of carbonyl (C=O) groups excluding carboxylic acids is 1. The minimum Gasteiger partial charge on any atom is -0.493 e. The molecule has 0 aliphatic heterocycles. The first-order valence-electron chi connectivity index (χ1n) is 11.8. The van der Waals surface area contributed by atoms with Crippen LogP contribution in [0.1, 0.15) is 46.6 Å². The summed E-state index contributed by atoms with van der Waals surface area (Å²) < 4.78 is 53.0. The molecule has 36 heavy (non-hydrogen) atoms. The molecule has 2 heterocycles. The number of alkyl halides is 3. The SMILES string of the molecule is CC(C)CC(CNC(=O)OC(C)(C)C)COc1ccc(-c2ccnc3ccncc23)cc1C(F)(F)F. The van der Waals surface area contributed by atoms with Crippen molar-refractivity contribution >= 4 is 17.0 Å². The number of fused-ring (bicyclic) bond motifs is 1. The summed E-state index contributed by atoms with van der Waals surface area (Å²) in [6.07, 6.45) is 0.200. The largest absolute Gasteiger partial charge is 0.493 e. The van der Waals surface area contributed by atoms with Gasteiger partial charge in [-0.15, -0.1) is 0 Å². The number of alkyl carbamates (subject to hydrolysis) is 1. The summed E-state index contributed by atoms with van der Waals surface area (Å²) in [7, 11) is 0. The van der Waals surface area contributed by atoms with Crippen LogP contribution in [-0.4, -0.2) is 34.8 Å². The fourth-order valence-corrected chi connectivity index (χ4v) is 3.91. The van der Waals surface area contributed by atoms with Gasteiger partial charge in [0.05, 0.1) is 17.7 Å². The van der Waals surface area contributed by atoms with Crippen LogP contribution in [0.15, 0.2) is 48.9 Å². The first kappa shape index (κ1) is 27.2. The van der Waals surface area contributed by atoms with E-state index in [-0.39, 0.29) is 30.7 Å². The number of hydrogen-bond donors (Lipinski definition) is 1. The van der Waals surface area contributed by atoms with Gasteiger partial charge in [0.25, 0.3) is 0 Å². The highest BCUT2D eigenvalue weighted by Crippen LogP contribution is 2.40. The average molecular weight is 504 g/mol. The number of aromatic nitrogens is 2. The molecule has 9 heteroatoms. The van der Waals surface area contributed by atoms with Gasteiger partial charge in [0.2, 0.25) is 0 Å². The third-order valence-corrected chi connectivity index (χ3v) is 5.35. The van der Waals surface area contributed by atoms with Crippen LogP contribution in [0.25, 0.3) is 22.0 Å². The fourth-order valence-electron chi connectivity index (χ4n) is 3.91. The van der Waals surface area contributed by atoms with Gasteiger partial charge < -0.3 is 14.8 Å². The van der Waals surface area contributed by atoms with Crippen molar-refractivity contribution in [2.75, 3.05) is 13.2 Å². The predicted molar refractivity (Wildman–Crippen MR) is 133 cm³/mol. The molecule has 0 spiro atoms. The Labute approximate surface area is 209 Å². The summed E-state index contributed by atoms with van der Waals surface area (Å²) in [6, 6.07) is 7.41. The maximum Gasteiger partial charge on any atom is 0.419 e. The zero-order valence-electron chi connectivity index (χ0n) is 21.1. The molecule has 0 aliphatic rings. The molecule has 1 unspecified atom stereocenters. The van der Waals surface area contributed by atoms with Crippen molar-refractivity contribution in [1.82, 2.24) is 15.3 Å². The Morgan fingerprint density at radius 1 is 1.08 bits per heavy atom. The Morgan fingerprint density at radius 2 is 1.83 bits per heavy atom. The molecule has 0 radical (unpaired) electrons. The Kier molecular flexibility index (Phi) is 8.43. The molecule has 1 aromatic carbocycles. The number of nitrogens with zero attached hydrogens (tertiary/aromatic N) is 2. The fraction of sp³-hybridized carbons (Fsp3) is 0.444. The molecule has 1 amide bonds. The van der Waals surface area contributed by atoms with Crippen molar-refractivity contribution < 1.29 is 27.4 Å². The molecular formula is C27H32F3N3O3. The molecule has 194 valence electrons. The molecule has 0 fully saturated rings. The number of carbonyl (C=O) groups is 1. The van der Waals surface area contributed by atoms with E-state index in [0.717, 1.165) is 6.07 Å². The van der Waals surface area contributed by atoms with Gasteiger partial charge in [0.1, 0.15) is 11.4 Å². The Hall–Kier alpha value is -3.36. The van der Waals surface area contributed by atoms with E-state index in [1.807, 2.05) is 13.8 Å². The van der Waals surface area contributed by atoms with Crippen LogP contribution in [-0.2, 0) is 10.9 Å². The van der Waals surface area contributed by atoms with E-state index in [9.17, 15) is 18.0 Å². The summed E-state index contributed by atoms with van der Waals surface area (Å²) in [5.74, 6) is -0.195. The second kappa shape index (κ2) is 11.1. The number of pyridine rings is 2. The number of hydrogen-bond acceptors (Lipinski definition) is 5. The molecular weight excluding hydrogens is 471 g/mol. The summed E-state index contributed by atoms with van der Waals surface area (Å²) in [6.45, 7) is 9.52.